The van der Waals surface area contributed by atoms with Gasteiger partial charge >= 0.3 is 0 Å². The van der Waals surface area contributed by atoms with Crippen molar-refractivity contribution >= 4 is 11.6 Å². The number of hydrogen-bond acceptors (Lipinski definition) is 3. The van der Waals surface area contributed by atoms with Crippen LogP contribution in [0.5, 0.6) is 0 Å². The Bertz CT molecular complexity index is 437. The lowest BCUT2D eigenvalue weighted by atomic mass is 9.95. The molecule has 0 unspecified atom stereocenters. The highest BCUT2D eigenvalue weighted by molar-refractivity contribution is 5.91. The van der Waals surface area contributed by atoms with Crippen LogP contribution in [0.25, 0.3) is 0 Å². The topological polar surface area (TPSA) is 58.4 Å². The molecule has 4 heteroatoms. The molecule has 1 aliphatic carbocycles. The predicted octanol–water partition coefficient (Wildman–Crippen LogP) is 1.37. The van der Waals surface area contributed by atoms with Gasteiger partial charge in [0.2, 0.25) is 5.91 Å². The molecule has 1 aromatic carbocycles. The summed E-state index contributed by atoms with van der Waals surface area (Å²) in [6.45, 7) is 4.71. The summed E-state index contributed by atoms with van der Waals surface area (Å²) in [4.78, 5) is 14.5. The van der Waals surface area contributed by atoms with Gasteiger partial charge in [0.25, 0.3) is 0 Å². The van der Waals surface area contributed by atoms with Gasteiger partial charge in [0.1, 0.15) is 0 Å². The monoisotopic (exact) mass is 261 g/mol. The molecule has 19 heavy (non-hydrogen) atoms. The normalized spacial score (nSPS) is 16.4. The zero-order valence-electron chi connectivity index (χ0n) is 11.8. The van der Waals surface area contributed by atoms with Gasteiger partial charge in [0.05, 0.1) is 5.41 Å². The number of likely N-dealkylation sites (N-methyl/N-ethyl adjacent to an activating group) is 1. The van der Waals surface area contributed by atoms with Crippen LogP contribution in [0.1, 0.15) is 25.3 Å². The fourth-order valence-electron chi connectivity index (χ4n) is 2.26. The van der Waals surface area contributed by atoms with Crippen molar-refractivity contribution in [2.45, 2.75) is 25.2 Å². The Kier molecular flexibility index (Phi) is 4.10. The third-order valence-electron chi connectivity index (χ3n) is 3.97. The Morgan fingerprint density at radius 1 is 1.37 bits per heavy atom. The number of hydrogen-bond donors (Lipinski definition) is 2. The van der Waals surface area contributed by atoms with Crippen LogP contribution in [0, 0.1) is 0 Å². The zero-order chi connectivity index (χ0) is 13.9. The van der Waals surface area contributed by atoms with Crippen molar-refractivity contribution in [2.24, 2.45) is 0 Å². The molecule has 2 rings (SSSR count). The van der Waals surface area contributed by atoms with E-state index in [0.29, 0.717) is 6.54 Å². The van der Waals surface area contributed by atoms with Crippen molar-refractivity contribution in [1.82, 2.24) is 10.2 Å². The molecule has 1 aromatic rings. The first-order valence-electron chi connectivity index (χ1n) is 6.91. The quantitative estimate of drug-likeness (QED) is 0.760. The van der Waals surface area contributed by atoms with Gasteiger partial charge in [-0.25, -0.2) is 0 Å². The number of nitrogen functional groups attached to an aromatic ring is 1. The lowest BCUT2D eigenvalue weighted by Gasteiger charge is -2.18. The Labute approximate surface area is 115 Å². The number of carbonyl (C=O) groups excluding carboxylic acids is 1. The summed E-state index contributed by atoms with van der Waals surface area (Å²) in [5.41, 5.74) is 7.22. The molecule has 0 heterocycles. The maximum atomic E-state index is 12.3. The number of amides is 1. The minimum absolute atomic E-state index is 0.154. The van der Waals surface area contributed by atoms with Crippen LogP contribution in [0.4, 0.5) is 5.69 Å². The Balaban J connectivity index is 1.93. The van der Waals surface area contributed by atoms with Crippen LogP contribution in [0.2, 0.25) is 0 Å². The third kappa shape index (κ3) is 3.07. The first kappa shape index (κ1) is 13.9. The van der Waals surface area contributed by atoms with Crippen LogP contribution >= 0.6 is 0 Å². The Hall–Kier alpha value is -1.55. The van der Waals surface area contributed by atoms with Crippen molar-refractivity contribution in [3.8, 4) is 0 Å². The van der Waals surface area contributed by atoms with Gasteiger partial charge in [0.15, 0.2) is 0 Å². The van der Waals surface area contributed by atoms with Gasteiger partial charge in [-0.2, -0.15) is 0 Å². The lowest BCUT2D eigenvalue weighted by molar-refractivity contribution is -0.123. The van der Waals surface area contributed by atoms with E-state index in [0.717, 1.165) is 37.2 Å². The number of benzene rings is 1. The molecule has 3 N–H and O–H groups in total. The van der Waals surface area contributed by atoms with E-state index in [-0.39, 0.29) is 11.3 Å². The lowest BCUT2D eigenvalue weighted by Crippen LogP contribution is -2.39. The SMILES string of the molecule is CCN(C)CCNC(=O)C1(c2ccc(N)cc2)CC1. The summed E-state index contributed by atoms with van der Waals surface area (Å²) in [6, 6.07) is 7.68. The second-order valence-corrected chi connectivity index (χ2v) is 5.36. The van der Waals surface area contributed by atoms with E-state index in [4.69, 9.17) is 5.73 Å². The number of nitrogens with one attached hydrogen (secondary N) is 1. The average Bonchev–Trinajstić information content (AvgIpc) is 3.20. The molecule has 0 spiro atoms. The van der Waals surface area contributed by atoms with Gasteiger partial charge in [0, 0.05) is 18.8 Å². The summed E-state index contributed by atoms with van der Waals surface area (Å²) in [5.74, 6) is 0.154. The minimum Gasteiger partial charge on any atom is -0.399 e. The third-order valence-corrected chi connectivity index (χ3v) is 3.97. The second kappa shape index (κ2) is 5.61. The number of nitrogens with zero attached hydrogens (tertiary/aromatic N) is 1. The molecule has 104 valence electrons. The molecule has 4 nitrogen and oxygen atoms in total. The number of nitrogens with two attached hydrogens (primary N) is 1. The van der Waals surface area contributed by atoms with Gasteiger partial charge < -0.3 is 16.0 Å². The summed E-state index contributed by atoms with van der Waals surface area (Å²) < 4.78 is 0. The van der Waals surface area contributed by atoms with E-state index < -0.39 is 0 Å². The molecule has 1 aliphatic rings. The average molecular weight is 261 g/mol. The maximum absolute atomic E-state index is 12.3. The van der Waals surface area contributed by atoms with Crippen LogP contribution in [-0.4, -0.2) is 37.5 Å². The van der Waals surface area contributed by atoms with Gasteiger partial charge in [-0.05, 0) is 44.1 Å². The summed E-state index contributed by atoms with van der Waals surface area (Å²) >= 11 is 0. The van der Waals surface area contributed by atoms with Gasteiger partial charge in [-0.15, -0.1) is 0 Å². The van der Waals surface area contributed by atoms with Gasteiger partial charge in [-0.1, -0.05) is 19.1 Å². The largest absolute Gasteiger partial charge is 0.399 e. The fraction of sp³-hybridized carbons (Fsp3) is 0.533. The van der Waals surface area contributed by atoms with Crippen LogP contribution < -0.4 is 11.1 Å². The second-order valence-electron chi connectivity index (χ2n) is 5.36. The number of anilines is 1. The van der Waals surface area contributed by atoms with E-state index in [1.165, 1.54) is 0 Å². The molecule has 0 saturated heterocycles. The van der Waals surface area contributed by atoms with Crippen molar-refractivity contribution in [1.29, 1.82) is 0 Å². The molecule has 0 radical (unpaired) electrons. The van der Waals surface area contributed by atoms with Crippen molar-refractivity contribution < 1.29 is 4.79 Å². The van der Waals surface area contributed by atoms with E-state index >= 15 is 0 Å². The molecule has 1 fully saturated rings. The zero-order valence-corrected chi connectivity index (χ0v) is 11.8. The maximum Gasteiger partial charge on any atom is 0.230 e. The Morgan fingerprint density at radius 2 is 2.00 bits per heavy atom. The van der Waals surface area contributed by atoms with E-state index in [2.05, 4.69) is 24.2 Å². The van der Waals surface area contributed by atoms with E-state index in [1.807, 2.05) is 24.3 Å². The van der Waals surface area contributed by atoms with Gasteiger partial charge in [-0.3, -0.25) is 4.79 Å². The molecular weight excluding hydrogens is 238 g/mol. The van der Waals surface area contributed by atoms with Crippen LogP contribution in [0.3, 0.4) is 0 Å². The van der Waals surface area contributed by atoms with Crippen molar-refractivity contribution in [2.75, 3.05) is 32.4 Å². The first-order chi connectivity index (χ1) is 9.08. The molecule has 1 saturated carbocycles. The summed E-state index contributed by atoms with van der Waals surface area (Å²) in [7, 11) is 2.05. The van der Waals surface area contributed by atoms with Crippen LogP contribution in [0.15, 0.2) is 24.3 Å². The highest BCUT2D eigenvalue weighted by Crippen LogP contribution is 2.48. The number of rotatable bonds is 6. The molecule has 1 amide bonds. The minimum atomic E-state index is -0.293. The molecule has 0 aromatic heterocycles. The standard InChI is InChI=1S/C15H23N3O/c1-3-18(2)11-10-17-14(19)15(8-9-15)12-4-6-13(16)7-5-12/h4-7H,3,8-11,16H2,1-2H3,(H,17,19). The molecular formula is C15H23N3O. The number of carbonyl (C=O) groups is 1. The van der Waals surface area contributed by atoms with E-state index in [9.17, 15) is 4.79 Å². The summed E-state index contributed by atoms with van der Waals surface area (Å²) in [5, 5.41) is 3.05. The van der Waals surface area contributed by atoms with E-state index in [1.54, 1.807) is 0 Å². The highest BCUT2D eigenvalue weighted by Gasteiger charge is 2.50. The van der Waals surface area contributed by atoms with Crippen molar-refractivity contribution in [3.63, 3.8) is 0 Å². The predicted molar refractivity (Wildman–Crippen MR) is 77.9 cm³/mol. The first-order valence-corrected chi connectivity index (χ1v) is 6.91. The van der Waals surface area contributed by atoms with Crippen molar-refractivity contribution in [3.05, 3.63) is 29.8 Å². The highest BCUT2D eigenvalue weighted by atomic mass is 16.2. The molecule has 0 aliphatic heterocycles. The van der Waals surface area contributed by atoms with Crippen LogP contribution in [-0.2, 0) is 10.2 Å². The molecule has 0 atom stereocenters. The Morgan fingerprint density at radius 3 is 2.53 bits per heavy atom. The summed E-state index contributed by atoms with van der Waals surface area (Å²) in [6.07, 6.45) is 1.87. The molecule has 0 bridgehead atoms. The fourth-order valence-corrected chi connectivity index (χ4v) is 2.26. The smallest absolute Gasteiger partial charge is 0.230 e.